The van der Waals surface area contributed by atoms with Crippen molar-refractivity contribution in [3.05, 3.63) is 12.7 Å². The Kier molecular flexibility index (Phi) is 13.8. The lowest BCUT2D eigenvalue weighted by molar-refractivity contribution is -0.154. The number of esters is 1. The summed E-state index contributed by atoms with van der Waals surface area (Å²) in [5.41, 5.74) is -1.41. The molecule has 4 amide bonds. The van der Waals surface area contributed by atoms with Crippen molar-refractivity contribution in [1.82, 2.24) is 20.9 Å². The van der Waals surface area contributed by atoms with Crippen LogP contribution in [0.1, 0.15) is 106 Å². The molecule has 3 atom stereocenters. The first kappa shape index (κ1) is 36.8. The Bertz CT molecular complexity index is 1060. The van der Waals surface area contributed by atoms with Gasteiger partial charge >= 0.3 is 12.1 Å². The number of hydrogen-bond acceptors (Lipinski definition) is 8. The van der Waals surface area contributed by atoms with Crippen LogP contribution < -0.4 is 16.0 Å². The number of nitrogens with one attached hydrogen (secondary N) is 3. The summed E-state index contributed by atoms with van der Waals surface area (Å²) in [6, 6.07) is -2.84. The zero-order valence-corrected chi connectivity index (χ0v) is 27.3. The van der Waals surface area contributed by atoms with Gasteiger partial charge in [0.1, 0.15) is 23.3 Å². The van der Waals surface area contributed by atoms with Crippen LogP contribution in [0.25, 0.3) is 0 Å². The molecule has 0 aromatic rings. The molecule has 0 spiro atoms. The molecule has 3 N–H and O–H groups in total. The molecule has 2 rings (SSSR count). The average molecular weight is 621 g/mol. The maximum atomic E-state index is 13.9. The Morgan fingerprint density at radius 3 is 2.11 bits per heavy atom. The number of rotatable bonds is 13. The van der Waals surface area contributed by atoms with Crippen LogP contribution in [0.15, 0.2) is 12.7 Å². The number of amides is 4. The summed E-state index contributed by atoms with van der Waals surface area (Å²) in [7, 11) is 0. The highest BCUT2D eigenvalue weighted by Crippen LogP contribution is 2.29. The van der Waals surface area contributed by atoms with Crippen LogP contribution in [0.2, 0.25) is 0 Å². The lowest BCUT2D eigenvalue weighted by atomic mass is 9.83. The van der Waals surface area contributed by atoms with Gasteiger partial charge in [0, 0.05) is 13.1 Å². The number of likely N-dealkylation sites (tertiary alicyclic amines) is 1. The molecule has 1 saturated heterocycles. The molecule has 1 saturated carbocycles. The molecule has 1 aliphatic heterocycles. The van der Waals surface area contributed by atoms with Gasteiger partial charge in [0.2, 0.25) is 17.6 Å². The summed E-state index contributed by atoms with van der Waals surface area (Å²) in [5, 5.41) is 7.90. The third-order valence-electron chi connectivity index (χ3n) is 7.45. The van der Waals surface area contributed by atoms with E-state index in [2.05, 4.69) is 22.5 Å². The van der Waals surface area contributed by atoms with E-state index in [9.17, 15) is 28.8 Å². The lowest BCUT2D eigenvalue weighted by Crippen LogP contribution is -2.58. The largest absolute Gasteiger partial charge is 0.460 e. The third kappa shape index (κ3) is 12.3. The van der Waals surface area contributed by atoms with Crippen LogP contribution in [0.3, 0.4) is 0 Å². The number of ether oxygens (including phenoxy) is 2. The fraction of sp³-hybridized carbons (Fsp3) is 0.750. The van der Waals surface area contributed by atoms with Crippen molar-refractivity contribution in [2.45, 2.75) is 135 Å². The minimum absolute atomic E-state index is 0.0839. The quantitative estimate of drug-likeness (QED) is 0.161. The van der Waals surface area contributed by atoms with Gasteiger partial charge in [-0.15, -0.1) is 6.58 Å². The second-order valence-electron chi connectivity index (χ2n) is 13.6. The fourth-order valence-corrected chi connectivity index (χ4v) is 5.50. The number of carbonyl (C=O) groups is 6. The Morgan fingerprint density at radius 1 is 0.886 bits per heavy atom. The van der Waals surface area contributed by atoms with Crippen LogP contribution in [-0.4, -0.2) is 82.9 Å². The molecule has 0 radical (unpaired) electrons. The van der Waals surface area contributed by atoms with E-state index >= 15 is 0 Å². The zero-order valence-electron chi connectivity index (χ0n) is 27.3. The number of Topliss-reactive ketones (excluding diaryl/α,β-unsaturated/α-hetero) is 1. The summed E-state index contributed by atoms with van der Waals surface area (Å²) in [5.74, 6) is -3.28. The van der Waals surface area contributed by atoms with E-state index in [-0.39, 0.29) is 31.2 Å². The van der Waals surface area contributed by atoms with E-state index in [0.29, 0.717) is 25.8 Å². The average Bonchev–Trinajstić information content (AvgIpc) is 3.42. The number of ketones is 1. The number of carbonyl (C=O) groups excluding carboxylic acids is 6. The first-order valence-corrected chi connectivity index (χ1v) is 15.8. The monoisotopic (exact) mass is 620 g/mol. The summed E-state index contributed by atoms with van der Waals surface area (Å²) in [6.45, 7) is 14.3. The van der Waals surface area contributed by atoms with Crippen molar-refractivity contribution >= 4 is 35.6 Å². The number of hydrogen-bond donors (Lipinski definition) is 3. The Labute approximate surface area is 261 Å². The lowest BCUT2D eigenvalue weighted by Gasteiger charge is -2.35. The minimum Gasteiger partial charge on any atom is -0.460 e. The fourth-order valence-electron chi connectivity index (χ4n) is 5.50. The number of nitrogens with zero attached hydrogens (tertiary/aromatic N) is 1. The van der Waals surface area contributed by atoms with Crippen molar-refractivity contribution in [1.29, 1.82) is 0 Å². The molecule has 248 valence electrons. The molecule has 1 heterocycles. The topological polar surface area (TPSA) is 160 Å². The molecule has 2 unspecified atom stereocenters. The van der Waals surface area contributed by atoms with Gasteiger partial charge in [-0.2, -0.15) is 0 Å². The van der Waals surface area contributed by atoms with Crippen LogP contribution in [-0.2, 0) is 33.4 Å². The molecule has 2 fully saturated rings. The Morgan fingerprint density at radius 2 is 1.52 bits per heavy atom. The van der Waals surface area contributed by atoms with E-state index in [0.717, 1.165) is 32.1 Å². The highest BCUT2D eigenvalue weighted by Gasteiger charge is 2.42. The van der Waals surface area contributed by atoms with E-state index in [1.165, 1.54) is 4.90 Å². The zero-order chi connectivity index (χ0) is 33.1. The number of allylic oxidation sites excluding steroid dienone is 1. The standard InChI is InChI=1S/C32H52N4O8/c1-8-9-16-22(26(38)28(40)33-19-18-24(37)43-31(2,3)4)34-27(39)23-17-13-20-36(23)29(41)25(21-14-11-10-12-15-21)35-30(42)44-32(5,6)7/h8,21-23,25H,1,9-20H2,2-7H3,(H,33,40)(H,34,39)(H,35,42)/t22?,23-,25?/m0/s1. The Hall–Kier alpha value is -3.44. The van der Waals surface area contributed by atoms with E-state index in [1.54, 1.807) is 47.6 Å². The molecule has 0 aromatic heterocycles. The molecule has 12 heteroatoms. The first-order valence-electron chi connectivity index (χ1n) is 15.8. The SMILES string of the molecule is C=CCCC(NC(=O)[C@@H]1CCCN1C(=O)C(NC(=O)OC(C)(C)C)C1CCCCC1)C(=O)C(=O)NCCC(=O)OC(C)(C)C. The molecule has 1 aliphatic carbocycles. The predicted octanol–water partition coefficient (Wildman–Crippen LogP) is 3.32. The van der Waals surface area contributed by atoms with Gasteiger partial charge in [0.05, 0.1) is 12.5 Å². The van der Waals surface area contributed by atoms with Crippen molar-refractivity contribution in [2.75, 3.05) is 13.1 Å². The van der Waals surface area contributed by atoms with Gasteiger partial charge in [-0.05, 0) is 86.0 Å². The van der Waals surface area contributed by atoms with Crippen molar-refractivity contribution in [3.8, 4) is 0 Å². The maximum Gasteiger partial charge on any atom is 0.408 e. The van der Waals surface area contributed by atoms with Gasteiger partial charge in [0.15, 0.2) is 0 Å². The highest BCUT2D eigenvalue weighted by molar-refractivity contribution is 6.38. The maximum absolute atomic E-state index is 13.9. The molecule has 12 nitrogen and oxygen atoms in total. The molecular formula is C32H52N4O8. The second-order valence-corrected chi connectivity index (χ2v) is 13.6. The van der Waals surface area contributed by atoms with Gasteiger partial charge in [0.25, 0.3) is 5.91 Å². The molecular weight excluding hydrogens is 568 g/mol. The van der Waals surface area contributed by atoms with Crippen LogP contribution in [0.4, 0.5) is 4.79 Å². The highest BCUT2D eigenvalue weighted by atomic mass is 16.6. The minimum atomic E-state index is -1.14. The summed E-state index contributed by atoms with van der Waals surface area (Å²) in [6.07, 6.45) is 6.74. The number of alkyl carbamates (subject to hydrolysis) is 1. The van der Waals surface area contributed by atoms with E-state index < -0.39 is 59.0 Å². The normalized spacial score (nSPS) is 18.9. The van der Waals surface area contributed by atoms with E-state index in [1.807, 2.05) is 0 Å². The van der Waals surface area contributed by atoms with Gasteiger partial charge in [-0.3, -0.25) is 24.0 Å². The van der Waals surface area contributed by atoms with Crippen LogP contribution >= 0.6 is 0 Å². The predicted molar refractivity (Wildman–Crippen MR) is 164 cm³/mol. The summed E-state index contributed by atoms with van der Waals surface area (Å²) >= 11 is 0. The molecule has 44 heavy (non-hydrogen) atoms. The molecule has 2 aliphatic rings. The van der Waals surface area contributed by atoms with Gasteiger partial charge < -0.3 is 30.3 Å². The summed E-state index contributed by atoms with van der Waals surface area (Å²) < 4.78 is 10.6. The third-order valence-corrected chi connectivity index (χ3v) is 7.45. The van der Waals surface area contributed by atoms with Crippen molar-refractivity contribution in [3.63, 3.8) is 0 Å². The van der Waals surface area contributed by atoms with Crippen molar-refractivity contribution in [2.24, 2.45) is 5.92 Å². The second kappa shape index (κ2) is 16.6. The summed E-state index contributed by atoms with van der Waals surface area (Å²) in [4.78, 5) is 79.3. The van der Waals surface area contributed by atoms with Gasteiger partial charge in [-0.1, -0.05) is 25.3 Å². The van der Waals surface area contributed by atoms with Crippen LogP contribution in [0, 0.1) is 5.92 Å². The van der Waals surface area contributed by atoms with E-state index in [4.69, 9.17) is 9.47 Å². The van der Waals surface area contributed by atoms with Gasteiger partial charge in [-0.25, -0.2) is 4.79 Å². The smallest absolute Gasteiger partial charge is 0.408 e. The molecule has 0 aromatic carbocycles. The van der Waals surface area contributed by atoms with Crippen molar-refractivity contribution < 1.29 is 38.2 Å². The Balaban J connectivity index is 2.11. The van der Waals surface area contributed by atoms with Crippen LogP contribution in [0.5, 0.6) is 0 Å². The first-order chi connectivity index (χ1) is 20.5. The molecule has 0 bridgehead atoms.